The average Bonchev–Trinajstić information content (AvgIpc) is 3.03. The van der Waals surface area contributed by atoms with Gasteiger partial charge in [0.15, 0.2) is 0 Å². The highest BCUT2D eigenvalue weighted by molar-refractivity contribution is 5.93. The fraction of sp³-hybridized carbons (Fsp3) is 0.500. The molecule has 1 amide bonds. The first-order chi connectivity index (χ1) is 14.2. The number of amides is 1. The van der Waals surface area contributed by atoms with Crippen LogP contribution in [0.5, 0.6) is 0 Å². The van der Waals surface area contributed by atoms with Gasteiger partial charge in [-0.1, -0.05) is 37.8 Å². The maximum atomic E-state index is 14.0. The molecule has 0 unspecified atom stereocenters. The summed E-state index contributed by atoms with van der Waals surface area (Å²) in [7, 11) is 0. The molecule has 154 valence electrons. The first-order valence-electron chi connectivity index (χ1n) is 10.6. The fourth-order valence-corrected chi connectivity index (χ4v) is 4.16. The molecule has 1 aliphatic heterocycles. The Morgan fingerprint density at radius 3 is 2.28 bits per heavy atom. The lowest BCUT2D eigenvalue weighted by molar-refractivity contribution is 0.0746. The zero-order valence-corrected chi connectivity index (χ0v) is 16.7. The molecule has 0 bridgehead atoms. The number of anilines is 2. The van der Waals surface area contributed by atoms with E-state index in [9.17, 15) is 9.18 Å². The Morgan fingerprint density at radius 2 is 1.62 bits per heavy atom. The predicted molar refractivity (Wildman–Crippen MR) is 112 cm³/mol. The van der Waals surface area contributed by atoms with Gasteiger partial charge in [-0.25, -0.2) is 14.4 Å². The van der Waals surface area contributed by atoms with Crippen LogP contribution in [0.4, 0.5) is 16.0 Å². The van der Waals surface area contributed by atoms with E-state index < -0.39 is 0 Å². The lowest BCUT2D eigenvalue weighted by Crippen LogP contribution is -2.49. The molecular weight excluding hydrogens is 369 g/mol. The Labute approximate surface area is 171 Å². The summed E-state index contributed by atoms with van der Waals surface area (Å²) in [5.41, 5.74) is 1.09. The quantitative estimate of drug-likeness (QED) is 0.797. The molecule has 0 atom stereocenters. The molecule has 0 spiro atoms. The Hall–Kier alpha value is -2.70. The molecule has 29 heavy (non-hydrogen) atoms. The number of nitrogens with zero attached hydrogens (tertiary/aromatic N) is 4. The highest BCUT2D eigenvalue weighted by Crippen LogP contribution is 2.21. The number of aromatic nitrogens is 2. The summed E-state index contributed by atoms with van der Waals surface area (Å²) < 4.78 is 14.0. The standard InChI is InChI=1S/C22H28FN5O/c23-19-9-5-6-10-20(19)27-11-13-28(14-12-27)21(29)17-15-24-22(25-16-17)26-18-7-3-1-2-4-8-18/h5-6,9-10,15-16,18H,1-4,7-8,11-14H2,(H,24,25,26). The topological polar surface area (TPSA) is 61.4 Å². The number of hydrogen-bond donors (Lipinski definition) is 1. The second-order valence-electron chi connectivity index (χ2n) is 7.86. The van der Waals surface area contributed by atoms with Gasteiger partial charge in [-0.05, 0) is 25.0 Å². The highest BCUT2D eigenvalue weighted by Gasteiger charge is 2.24. The van der Waals surface area contributed by atoms with E-state index in [1.165, 1.54) is 31.7 Å². The first kappa shape index (κ1) is 19.6. The van der Waals surface area contributed by atoms with Gasteiger partial charge in [0, 0.05) is 44.6 Å². The second kappa shape index (κ2) is 9.20. The summed E-state index contributed by atoms with van der Waals surface area (Å²) in [4.78, 5) is 25.3. The Morgan fingerprint density at radius 1 is 0.966 bits per heavy atom. The monoisotopic (exact) mass is 397 g/mol. The highest BCUT2D eigenvalue weighted by atomic mass is 19.1. The van der Waals surface area contributed by atoms with E-state index >= 15 is 0 Å². The van der Waals surface area contributed by atoms with Crippen LogP contribution >= 0.6 is 0 Å². The van der Waals surface area contributed by atoms with Gasteiger partial charge < -0.3 is 15.1 Å². The Balaban J connectivity index is 1.32. The molecule has 1 saturated heterocycles. The lowest BCUT2D eigenvalue weighted by atomic mass is 10.1. The Bertz CT molecular complexity index is 812. The van der Waals surface area contributed by atoms with Crippen molar-refractivity contribution in [2.24, 2.45) is 0 Å². The van der Waals surface area contributed by atoms with Crippen molar-refractivity contribution in [3.05, 3.63) is 48.0 Å². The van der Waals surface area contributed by atoms with Gasteiger partial charge in [-0.3, -0.25) is 4.79 Å². The van der Waals surface area contributed by atoms with Crippen molar-refractivity contribution in [2.75, 3.05) is 36.4 Å². The van der Waals surface area contributed by atoms with E-state index in [4.69, 9.17) is 0 Å². The summed E-state index contributed by atoms with van der Waals surface area (Å²) in [6.45, 7) is 2.31. The van der Waals surface area contributed by atoms with E-state index in [1.807, 2.05) is 11.0 Å². The van der Waals surface area contributed by atoms with Crippen LogP contribution in [0.3, 0.4) is 0 Å². The van der Waals surface area contributed by atoms with Gasteiger partial charge in [0.2, 0.25) is 5.95 Å². The summed E-state index contributed by atoms with van der Waals surface area (Å²) in [5.74, 6) is 0.300. The van der Waals surface area contributed by atoms with Crippen LogP contribution in [0.25, 0.3) is 0 Å². The third-order valence-corrected chi connectivity index (χ3v) is 5.85. The number of carbonyl (C=O) groups excluding carboxylic acids is 1. The van der Waals surface area contributed by atoms with Gasteiger partial charge in [0.1, 0.15) is 5.82 Å². The molecule has 1 aromatic carbocycles. The third-order valence-electron chi connectivity index (χ3n) is 5.85. The number of hydrogen-bond acceptors (Lipinski definition) is 5. The zero-order chi connectivity index (χ0) is 20.1. The number of rotatable bonds is 4. The average molecular weight is 397 g/mol. The maximum absolute atomic E-state index is 14.0. The summed E-state index contributed by atoms with van der Waals surface area (Å²) in [5, 5.41) is 3.41. The van der Waals surface area contributed by atoms with Crippen LogP contribution in [0.1, 0.15) is 48.9 Å². The maximum Gasteiger partial charge on any atom is 0.257 e. The van der Waals surface area contributed by atoms with Crippen molar-refractivity contribution in [3.8, 4) is 0 Å². The molecule has 0 radical (unpaired) electrons. The normalized spacial score (nSPS) is 18.4. The predicted octanol–water partition coefficient (Wildman–Crippen LogP) is 3.71. The number of piperazine rings is 1. The second-order valence-corrected chi connectivity index (χ2v) is 7.86. The summed E-state index contributed by atoms with van der Waals surface area (Å²) in [6.07, 6.45) is 10.6. The van der Waals surface area contributed by atoms with Gasteiger partial charge >= 0.3 is 0 Å². The van der Waals surface area contributed by atoms with E-state index in [0.29, 0.717) is 49.4 Å². The summed E-state index contributed by atoms with van der Waals surface area (Å²) >= 11 is 0. The largest absolute Gasteiger partial charge is 0.366 e. The first-order valence-corrected chi connectivity index (χ1v) is 10.6. The molecule has 1 saturated carbocycles. The smallest absolute Gasteiger partial charge is 0.257 e. The molecule has 1 aliphatic carbocycles. The van der Waals surface area contributed by atoms with Crippen LogP contribution in [0.15, 0.2) is 36.7 Å². The van der Waals surface area contributed by atoms with Crippen LogP contribution in [-0.2, 0) is 0 Å². The van der Waals surface area contributed by atoms with Crippen LogP contribution in [0, 0.1) is 5.82 Å². The van der Waals surface area contributed by atoms with Crippen LogP contribution in [-0.4, -0.2) is 53.0 Å². The Kier molecular flexibility index (Phi) is 6.22. The number of carbonyl (C=O) groups is 1. The molecule has 2 heterocycles. The number of nitrogens with one attached hydrogen (secondary N) is 1. The van der Waals surface area contributed by atoms with E-state index in [0.717, 1.165) is 12.8 Å². The van der Waals surface area contributed by atoms with Crippen molar-refractivity contribution in [3.63, 3.8) is 0 Å². The van der Waals surface area contributed by atoms with Crippen LogP contribution in [0.2, 0.25) is 0 Å². The molecule has 6 nitrogen and oxygen atoms in total. The molecule has 2 aromatic rings. The molecular formula is C22H28FN5O. The van der Waals surface area contributed by atoms with Crippen molar-refractivity contribution in [1.82, 2.24) is 14.9 Å². The van der Waals surface area contributed by atoms with Gasteiger partial charge in [0.25, 0.3) is 5.91 Å². The summed E-state index contributed by atoms with van der Waals surface area (Å²) in [6, 6.07) is 7.19. The molecule has 1 N–H and O–H groups in total. The van der Waals surface area contributed by atoms with Gasteiger partial charge in [0.05, 0.1) is 11.3 Å². The minimum absolute atomic E-state index is 0.0702. The fourth-order valence-electron chi connectivity index (χ4n) is 4.16. The van der Waals surface area contributed by atoms with E-state index in [1.54, 1.807) is 29.4 Å². The van der Waals surface area contributed by atoms with Crippen molar-refractivity contribution in [1.29, 1.82) is 0 Å². The molecule has 1 aromatic heterocycles. The molecule has 2 fully saturated rings. The van der Waals surface area contributed by atoms with E-state index in [2.05, 4.69) is 15.3 Å². The number of benzene rings is 1. The van der Waals surface area contributed by atoms with Crippen LogP contribution < -0.4 is 10.2 Å². The minimum atomic E-state index is -0.225. The number of para-hydroxylation sites is 1. The molecule has 4 rings (SSSR count). The zero-order valence-electron chi connectivity index (χ0n) is 16.7. The van der Waals surface area contributed by atoms with E-state index in [-0.39, 0.29) is 11.7 Å². The van der Waals surface area contributed by atoms with Crippen molar-refractivity contribution >= 4 is 17.5 Å². The van der Waals surface area contributed by atoms with Crippen molar-refractivity contribution in [2.45, 2.75) is 44.6 Å². The van der Waals surface area contributed by atoms with Gasteiger partial charge in [-0.2, -0.15) is 0 Å². The number of halogens is 1. The third kappa shape index (κ3) is 4.83. The lowest BCUT2D eigenvalue weighted by Gasteiger charge is -2.36. The van der Waals surface area contributed by atoms with Crippen molar-refractivity contribution < 1.29 is 9.18 Å². The van der Waals surface area contributed by atoms with Gasteiger partial charge in [-0.15, -0.1) is 0 Å². The SMILES string of the molecule is O=C(c1cnc(NC2CCCCCC2)nc1)N1CCN(c2ccccc2F)CC1. The minimum Gasteiger partial charge on any atom is -0.366 e. The molecule has 2 aliphatic rings. The molecule has 7 heteroatoms.